The Bertz CT molecular complexity index is 992. The Morgan fingerprint density at radius 1 is 0.604 bits per heavy atom. The molecule has 4 unspecified atom stereocenters. The van der Waals surface area contributed by atoms with Gasteiger partial charge in [0.1, 0.15) is 0 Å². The van der Waals surface area contributed by atoms with Crippen LogP contribution in [0, 0.1) is 40.9 Å². The Labute approximate surface area is 295 Å². The summed E-state index contributed by atoms with van der Waals surface area (Å²) < 4.78 is 0. The molecule has 2 heterocycles. The number of rotatable bonds is 15. The second-order valence-electron chi connectivity index (χ2n) is 19.8. The summed E-state index contributed by atoms with van der Waals surface area (Å²) in [7, 11) is 0. The molecule has 4 N–H and O–H groups in total. The van der Waals surface area contributed by atoms with Crippen molar-refractivity contribution in [3.63, 3.8) is 0 Å². The number of carbonyl (C=O) groups is 2. The van der Waals surface area contributed by atoms with E-state index in [9.17, 15) is 14.7 Å². The summed E-state index contributed by atoms with van der Waals surface area (Å²) in [6, 6.07) is 0. The van der Waals surface area contributed by atoms with E-state index in [2.05, 4.69) is 66.0 Å². The van der Waals surface area contributed by atoms with Gasteiger partial charge in [0, 0.05) is 28.6 Å². The minimum absolute atomic E-state index is 0.0961. The second kappa shape index (κ2) is 16.0. The van der Waals surface area contributed by atoms with E-state index in [1.165, 1.54) is 64.2 Å². The number of hydrogen-bond acceptors (Lipinski definition) is 4. The molecule has 2 saturated heterocycles. The molecule has 2 aliphatic carbocycles. The molecule has 4 atom stereocenters. The topological polar surface area (TPSA) is 98.7 Å². The van der Waals surface area contributed by atoms with Gasteiger partial charge in [0.25, 0.3) is 0 Å². The second-order valence-corrected chi connectivity index (χ2v) is 19.8. The predicted molar refractivity (Wildman–Crippen MR) is 198 cm³/mol. The minimum atomic E-state index is -0.812. The average Bonchev–Trinajstić information content (AvgIpc) is 2.97. The number of carboxylic acid groups (broad SMARTS) is 2. The lowest BCUT2D eigenvalue weighted by atomic mass is 9.46. The molecule has 4 aliphatic rings. The van der Waals surface area contributed by atoms with Crippen molar-refractivity contribution in [3.05, 3.63) is 0 Å². The van der Waals surface area contributed by atoms with Gasteiger partial charge in [0.05, 0.1) is 5.41 Å². The molecule has 0 radical (unpaired) electrons. The molecule has 2 saturated carbocycles. The fourth-order valence-electron chi connectivity index (χ4n) is 12.3. The number of carboxylic acids is 2. The highest BCUT2D eigenvalue weighted by Gasteiger charge is 2.64. The van der Waals surface area contributed by atoms with Gasteiger partial charge < -0.3 is 20.8 Å². The molecule has 48 heavy (non-hydrogen) atoms. The van der Waals surface area contributed by atoms with E-state index in [0.29, 0.717) is 30.1 Å². The van der Waals surface area contributed by atoms with Gasteiger partial charge in [0.15, 0.2) is 0 Å². The third kappa shape index (κ3) is 9.80. The fourth-order valence-corrected chi connectivity index (χ4v) is 12.3. The van der Waals surface area contributed by atoms with Crippen LogP contribution in [0.15, 0.2) is 0 Å². The van der Waals surface area contributed by atoms with Crippen LogP contribution in [-0.4, -0.2) is 44.3 Å². The summed E-state index contributed by atoms with van der Waals surface area (Å²) in [5.74, 6) is 0.917. The van der Waals surface area contributed by atoms with Gasteiger partial charge in [-0.05, 0) is 129 Å². The molecule has 0 aromatic rings. The van der Waals surface area contributed by atoms with Crippen molar-refractivity contribution in [1.82, 2.24) is 10.6 Å². The molecule has 0 aromatic carbocycles. The molecule has 0 spiro atoms. The van der Waals surface area contributed by atoms with Gasteiger partial charge in [-0.15, -0.1) is 0 Å². The van der Waals surface area contributed by atoms with E-state index < -0.39 is 17.4 Å². The zero-order valence-corrected chi connectivity index (χ0v) is 32.5. The summed E-state index contributed by atoms with van der Waals surface area (Å²) in [5.41, 5.74) is -1.42. The zero-order valence-electron chi connectivity index (χ0n) is 32.5. The van der Waals surface area contributed by atoms with Crippen LogP contribution in [-0.2, 0) is 9.59 Å². The van der Waals surface area contributed by atoms with E-state index in [1.807, 2.05) is 0 Å². The maximum atomic E-state index is 14.7. The SMILES string of the molecule is CC1(C)CC(C(CCCCCCCC(=O)O)(C(=O)O)C2CC(C)(C)NC(C)(C)C2CC2CCCCC2)C(CC2CCCCC2)C(C)(C)N1. The largest absolute Gasteiger partial charge is 0.481 e. The van der Waals surface area contributed by atoms with Gasteiger partial charge in [-0.25, -0.2) is 0 Å². The number of nitrogens with one attached hydrogen (secondary N) is 2. The molecule has 0 bridgehead atoms. The van der Waals surface area contributed by atoms with Crippen LogP contribution in [0.25, 0.3) is 0 Å². The molecule has 278 valence electrons. The Morgan fingerprint density at radius 3 is 1.40 bits per heavy atom. The quantitative estimate of drug-likeness (QED) is 0.129. The van der Waals surface area contributed by atoms with Crippen LogP contribution in [0.1, 0.15) is 190 Å². The highest BCUT2D eigenvalue weighted by molar-refractivity contribution is 5.76. The van der Waals surface area contributed by atoms with Crippen molar-refractivity contribution in [2.24, 2.45) is 40.9 Å². The van der Waals surface area contributed by atoms with Gasteiger partial charge in [-0.1, -0.05) is 89.9 Å². The summed E-state index contributed by atoms with van der Waals surface area (Å²) in [4.78, 5) is 25.8. The summed E-state index contributed by atoms with van der Waals surface area (Å²) in [6.45, 7) is 18.8. The molecule has 0 amide bonds. The number of unbranched alkanes of at least 4 members (excludes halogenated alkanes) is 4. The Balaban J connectivity index is 1.81. The highest BCUT2D eigenvalue weighted by Crippen LogP contribution is 2.61. The summed E-state index contributed by atoms with van der Waals surface area (Å²) in [6.07, 6.45) is 22.6. The first-order valence-electron chi connectivity index (χ1n) is 20.4. The van der Waals surface area contributed by atoms with Crippen molar-refractivity contribution in [1.29, 1.82) is 0 Å². The molecule has 0 aromatic heterocycles. The minimum Gasteiger partial charge on any atom is -0.481 e. The van der Waals surface area contributed by atoms with Crippen LogP contribution in [0.5, 0.6) is 0 Å². The maximum absolute atomic E-state index is 14.7. The summed E-state index contributed by atoms with van der Waals surface area (Å²) in [5, 5.41) is 29.3. The molecule has 4 rings (SSSR count). The van der Waals surface area contributed by atoms with Crippen molar-refractivity contribution in [2.45, 2.75) is 212 Å². The van der Waals surface area contributed by atoms with E-state index in [0.717, 1.165) is 57.8 Å². The van der Waals surface area contributed by atoms with Gasteiger partial charge >= 0.3 is 11.9 Å². The normalized spacial score (nSPS) is 31.9. The Morgan fingerprint density at radius 2 is 1.00 bits per heavy atom. The lowest BCUT2D eigenvalue weighted by Gasteiger charge is -2.63. The van der Waals surface area contributed by atoms with E-state index in [-0.39, 0.29) is 40.4 Å². The highest BCUT2D eigenvalue weighted by atomic mass is 16.4. The molecule has 4 fully saturated rings. The van der Waals surface area contributed by atoms with Crippen LogP contribution in [0.2, 0.25) is 0 Å². The predicted octanol–water partition coefficient (Wildman–Crippen LogP) is 10.4. The number of aliphatic carboxylic acids is 2. The fraction of sp³-hybridized carbons (Fsp3) is 0.952. The Hall–Kier alpha value is -1.14. The van der Waals surface area contributed by atoms with Crippen molar-refractivity contribution < 1.29 is 19.8 Å². The molecule has 2 aliphatic heterocycles. The van der Waals surface area contributed by atoms with Gasteiger partial charge in [-0.3, -0.25) is 9.59 Å². The summed E-state index contributed by atoms with van der Waals surface area (Å²) >= 11 is 0. The van der Waals surface area contributed by atoms with E-state index in [4.69, 9.17) is 5.11 Å². The first-order valence-corrected chi connectivity index (χ1v) is 20.4. The number of hydrogen-bond donors (Lipinski definition) is 4. The molecule has 6 nitrogen and oxygen atoms in total. The van der Waals surface area contributed by atoms with Crippen molar-refractivity contribution >= 4 is 11.9 Å². The van der Waals surface area contributed by atoms with Gasteiger partial charge in [0.2, 0.25) is 0 Å². The van der Waals surface area contributed by atoms with Crippen molar-refractivity contribution in [3.8, 4) is 0 Å². The molecule has 6 heteroatoms. The van der Waals surface area contributed by atoms with Crippen LogP contribution >= 0.6 is 0 Å². The molecular formula is C42H76N2O4. The number of piperidine rings is 2. The standard InChI is InChI=1S/C42H76N2O4/c1-38(2)28-34(32(40(5,6)43-38)26-30-20-14-12-15-21-30)42(37(47)48,25-19-11-9-10-18-24-36(45)46)35-29-39(3,4)44-41(7,8)33(35)27-31-22-16-13-17-23-31/h30-35,43-44H,9-29H2,1-8H3,(H,45,46)(H,47,48). The zero-order chi connectivity index (χ0) is 35.4. The first-order chi connectivity index (χ1) is 22.4. The van der Waals surface area contributed by atoms with E-state index >= 15 is 0 Å². The lowest BCUT2D eigenvalue weighted by molar-refractivity contribution is -0.179. The lowest BCUT2D eigenvalue weighted by Crippen LogP contribution is -2.71. The molecular weight excluding hydrogens is 596 g/mol. The maximum Gasteiger partial charge on any atom is 0.310 e. The van der Waals surface area contributed by atoms with Gasteiger partial charge in [-0.2, -0.15) is 0 Å². The third-order valence-corrected chi connectivity index (χ3v) is 13.9. The first kappa shape index (κ1) is 39.6. The van der Waals surface area contributed by atoms with Crippen LogP contribution in [0.3, 0.4) is 0 Å². The van der Waals surface area contributed by atoms with Crippen LogP contribution in [0.4, 0.5) is 0 Å². The van der Waals surface area contributed by atoms with E-state index in [1.54, 1.807) is 0 Å². The average molecular weight is 673 g/mol. The third-order valence-electron chi connectivity index (χ3n) is 13.9. The smallest absolute Gasteiger partial charge is 0.310 e. The monoisotopic (exact) mass is 673 g/mol. The Kier molecular flexibility index (Phi) is 13.2. The van der Waals surface area contributed by atoms with Crippen LogP contribution < -0.4 is 10.6 Å². The van der Waals surface area contributed by atoms with Crippen molar-refractivity contribution in [2.75, 3.05) is 0 Å².